The normalized spacial score (nSPS) is 14.8. The molecule has 0 unspecified atom stereocenters. The summed E-state index contributed by atoms with van der Waals surface area (Å²) in [6.07, 6.45) is 3.50. The van der Waals surface area contributed by atoms with Crippen LogP contribution in [0.5, 0.6) is 5.75 Å². The third-order valence-electron chi connectivity index (χ3n) is 6.15. The number of nitrogens with zero attached hydrogens (tertiary/aromatic N) is 1. The Morgan fingerprint density at radius 2 is 1.94 bits per heavy atom. The van der Waals surface area contributed by atoms with Crippen molar-refractivity contribution in [2.45, 2.75) is 46.1 Å². The van der Waals surface area contributed by atoms with Crippen LogP contribution in [0.3, 0.4) is 0 Å². The van der Waals surface area contributed by atoms with Gasteiger partial charge in [0.1, 0.15) is 11.3 Å². The molecule has 2 heterocycles. The minimum Gasteiger partial charge on any atom is -0.472 e. The van der Waals surface area contributed by atoms with Gasteiger partial charge in [0.15, 0.2) is 6.73 Å². The van der Waals surface area contributed by atoms with Gasteiger partial charge >= 0.3 is 11.6 Å². The first-order chi connectivity index (χ1) is 15.1. The number of aryl methyl sites for hydroxylation is 2. The maximum atomic E-state index is 12.4. The van der Waals surface area contributed by atoms with E-state index in [9.17, 15) is 9.59 Å². The molecular weight excluding hydrogens is 394 g/mol. The number of benzene rings is 2. The number of carbonyl (C=O) groups excluding carboxylic acids is 1. The smallest absolute Gasteiger partial charge is 0.339 e. The Kier molecular flexibility index (Phi) is 4.93. The van der Waals surface area contributed by atoms with Gasteiger partial charge in [-0.15, -0.1) is 0 Å². The number of rotatable bonds is 4. The summed E-state index contributed by atoms with van der Waals surface area (Å²) >= 11 is 0. The van der Waals surface area contributed by atoms with Crippen molar-refractivity contribution >= 4 is 22.6 Å². The van der Waals surface area contributed by atoms with E-state index in [-0.39, 0.29) is 11.6 Å². The van der Waals surface area contributed by atoms with Gasteiger partial charge in [0.2, 0.25) is 0 Å². The van der Waals surface area contributed by atoms with Gasteiger partial charge in [-0.1, -0.05) is 6.92 Å². The first kappa shape index (κ1) is 19.7. The summed E-state index contributed by atoms with van der Waals surface area (Å²) in [6.45, 7) is 5.41. The predicted molar refractivity (Wildman–Crippen MR) is 118 cm³/mol. The number of hydrogen-bond donors (Lipinski definition) is 0. The molecule has 3 aromatic rings. The van der Waals surface area contributed by atoms with Crippen LogP contribution in [-0.2, 0) is 24.1 Å². The van der Waals surface area contributed by atoms with Gasteiger partial charge in [-0.2, -0.15) is 0 Å². The molecule has 6 heteroatoms. The highest BCUT2D eigenvalue weighted by molar-refractivity contribution is 5.90. The molecule has 0 N–H and O–H groups in total. The lowest BCUT2D eigenvalue weighted by molar-refractivity contribution is 0.0505. The Morgan fingerprint density at radius 3 is 2.71 bits per heavy atom. The molecule has 0 atom stereocenters. The van der Waals surface area contributed by atoms with Crippen molar-refractivity contribution in [1.29, 1.82) is 0 Å². The van der Waals surface area contributed by atoms with Crippen LogP contribution in [0, 0.1) is 6.92 Å². The quantitative estimate of drug-likeness (QED) is 0.458. The summed E-state index contributed by atoms with van der Waals surface area (Å²) in [5.74, 6) is 0.496. The van der Waals surface area contributed by atoms with Crippen molar-refractivity contribution in [3.63, 3.8) is 0 Å². The summed E-state index contributed by atoms with van der Waals surface area (Å²) in [5, 5.41) is 1.03. The van der Waals surface area contributed by atoms with Crippen LogP contribution in [0.1, 0.15) is 52.4 Å². The number of fused-ring (bicyclic) bond motifs is 4. The number of carbonyl (C=O) groups is 1. The Bertz CT molecular complexity index is 1230. The summed E-state index contributed by atoms with van der Waals surface area (Å²) in [6, 6.07) is 9.53. The van der Waals surface area contributed by atoms with Crippen LogP contribution in [-0.4, -0.2) is 19.3 Å². The topological polar surface area (TPSA) is 69.0 Å². The van der Waals surface area contributed by atoms with Gasteiger partial charge in [0.25, 0.3) is 0 Å². The van der Waals surface area contributed by atoms with E-state index in [0.717, 1.165) is 64.8 Å². The van der Waals surface area contributed by atoms with Crippen molar-refractivity contribution < 1.29 is 18.7 Å². The zero-order chi connectivity index (χ0) is 21.5. The zero-order valence-corrected chi connectivity index (χ0v) is 17.8. The number of anilines is 1. The minimum absolute atomic E-state index is 0.210. The van der Waals surface area contributed by atoms with Crippen molar-refractivity contribution in [2.24, 2.45) is 0 Å². The van der Waals surface area contributed by atoms with Gasteiger partial charge in [0, 0.05) is 34.3 Å². The molecule has 0 amide bonds. The molecule has 31 heavy (non-hydrogen) atoms. The van der Waals surface area contributed by atoms with E-state index in [1.165, 1.54) is 0 Å². The fourth-order valence-electron chi connectivity index (χ4n) is 4.59. The third-order valence-corrected chi connectivity index (χ3v) is 6.15. The second-order valence-corrected chi connectivity index (χ2v) is 8.22. The maximum Gasteiger partial charge on any atom is 0.339 e. The lowest BCUT2D eigenvalue weighted by atomic mass is 9.99. The molecule has 0 saturated heterocycles. The Hall–Kier alpha value is -3.28. The summed E-state index contributed by atoms with van der Waals surface area (Å²) in [4.78, 5) is 26.5. The summed E-state index contributed by atoms with van der Waals surface area (Å²) < 4.78 is 17.0. The van der Waals surface area contributed by atoms with E-state index in [2.05, 4.69) is 11.0 Å². The van der Waals surface area contributed by atoms with E-state index in [1.54, 1.807) is 12.1 Å². The molecule has 0 spiro atoms. The van der Waals surface area contributed by atoms with Crippen molar-refractivity contribution in [3.05, 3.63) is 68.6 Å². The molecule has 0 saturated carbocycles. The van der Waals surface area contributed by atoms with Gasteiger partial charge < -0.3 is 18.8 Å². The number of esters is 1. The molecule has 6 nitrogen and oxygen atoms in total. The molecule has 1 aliphatic carbocycles. The zero-order valence-electron chi connectivity index (χ0n) is 17.8. The molecule has 2 aromatic carbocycles. The molecular formula is C25H25NO5. The highest BCUT2D eigenvalue weighted by Crippen LogP contribution is 2.38. The minimum atomic E-state index is -0.300. The van der Waals surface area contributed by atoms with Gasteiger partial charge in [-0.25, -0.2) is 9.59 Å². The largest absolute Gasteiger partial charge is 0.472 e. The third kappa shape index (κ3) is 3.36. The molecule has 160 valence electrons. The summed E-state index contributed by atoms with van der Waals surface area (Å²) in [5.41, 5.74) is 5.86. The van der Waals surface area contributed by atoms with Crippen molar-refractivity contribution in [3.8, 4) is 5.75 Å². The average molecular weight is 419 g/mol. The van der Waals surface area contributed by atoms with E-state index in [0.29, 0.717) is 31.0 Å². The maximum absolute atomic E-state index is 12.4. The van der Waals surface area contributed by atoms with Gasteiger partial charge in [0.05, 0.1) is 12.2 Å². The molecule has 2 aliphatic rings. The van der Waals surface area contributed by atoms with Crippen LogP contribution in [0.25, 0.3) is 11.0 Å². The lowest BCUT2D eigenvalue weighted by Gasteiger charge is -2.32. The van der Waals surface area contributed by atoms with Crippen LogP contribution < -0.4 is 15.3 Å². The Morgan fingerprint density at radius 1 is 1.16 bits per heavy atom. The van der Waals surface area contributed by atoms with Gasteiger partial charge in [-0.3, -0.25) is 0 Å². The predicted octanol–water partition coefficient (Wildman–Crippen LogP) is 4.51. The SMILES string of the molecule is CCCOC(=O)c1ccc(N2COc3c(cc4c5c(c(=O)oc4c3C)CCC5)C2)cc1. The number of ether oxygens (including phenoxy) is 2. The first-order valence-electron chi connectivity index (χ1n) is 10.8. The van der Waals surface area contributed by atoms with Crippen LogP contribution in [0.15, 0.2) is 39.5 Å². The Labute approximate surface area is 180 Å². The highest BCUT2D eigenvalue weighted by atomic mass is 16.5. The monoisotopic (exact) mass is 419 g/mol. The fourth-order valence-corrected chi connectivity index (χ4v) is 4.59. The summed E-state index contributed by atoms with van der Waals surface area (Å²) in [7, 11) is 0. The fraction of sp³-hybridized carbons (Fsp3) is 0.360. The van der Waals surface area contributed by atoms with Crippen LogP contribution >= 0.6 is 0 Å². The lowest BCUT2D eigenvalue weighted by Crippen LogP contribution is -2.32. The Balaban J connectivity index is 1.46. The van der Waals surface area contributed by atoms with E-state index < -0.39 is 0 Å². The second-order valence-electron chi connectivity index (χ2n) is 8.22. The molecule has 0 radical (unpaired) electrons. The molecule has 1 aromatic heterocycles. The van der Waals surface area contributed by atoms with Crippen molar-refractivity contribution in [1.82, 2.24) is 0 Å². The van der Waals surface area contributed by atoms with Crippen molar-refractivity contribution in [2.75, 3.05) is 18.2 Å². The first-order valence-corrected chi connectivity index (χ1v) is 10.8. The second kappa shape index (κ2) is 7.76. The van der Waals surface area contributed by atoms with Gasteiger partial charge in [-0.05, 0) is 68.5 Å². The molecule has 0 fully saturated rings. The standard InChI is InChI=1S/C25H25NO5/c1-3-11-29-24(27)16-7-9-18(10-8-16)26-13-17-12-21-19-5-4-6-20(19)25(28)31-23(21)15(2)22(17)30-14-26/h7-10,12H,3-6,11,13-14H2,1-2H3. The molecule has 0 bridgehead atoms. The van der Waals surface area contributed by atoms with Crippen LogP contribution in [0.2, 0.25) is 0 Å². The highest BCUT2D eigenvalue weighted by Gasteiger charge is 2.26. The molecule has 5 rings (SSSR count). The average Bonchev–Trinajstić information content (AvgIpc) is 3.29. The van der Waals surface area contributed by atoms with E-state index >= 15 is 0 Å². The van der Waals surface area contributed by atoms with Crippen LogP contribution in [0.4, 0.5) is 5.69 Å². The van der Waals surface area contributed by atoms with E-state index in [1.807, 2.05) is 26.0 Å². The molecule has 1 aliphatic heterocycles. The van der Waals surface area contributed by atoms with E-state index in [4.69, 9.17) is 13.9 Å². The number of hydrogen-bond acceptors (Lipinski definition) is 6.